The van der Waals surface area contributed by atoms with Crippen molar-refractivity contribution in [2.24, 2.45) is 5.92 Å². The minimum atomic E-state index is 0.658. The molecule has 2 rings (SSSR count). The third kappa shape index (κ3) is 3.56. The van der Waals surface area contributed by atoms with Crippen LogP contribution in [0.25, 0.3) is 0 Å². The molecule has 1 nitrogen and oxygen atoms in total. The SMILES string of the molecule is CCc1ccc(CN2CCC(C)C(Br)C2)cc1. The van der Waals surface area contributed by atoms with Crippen molar-refractivity contribution in [2.45, 2.75) is 38.1 Å². The molecule has 94 valence electrons. The highest BCUT2D eigenvalue weighted by Gasteiger charge is 2.23. The first-order valence-electron chi connectivity index (χ1n) is 6.63. The maximum atomic E-state index is 3.79. The van der Waals surface area contributed by atoms with Crippen LogP contribution in [-0.4, -0.2) is 22.8 Å². The maximum Gasteiger partial charge on any atom is 0.0299 e. The van der Waals surface area contributed by atoms with Crippen molar-refractivity contribution in [3.05, 3.63) is 35.4 Å². The van der Waals surface area contributed by atoms with Crippen LogP contribution in [0, 0.1) is 5.92 Å². The van der Waals surface area contributed by atoms with Crippen LogP contribution in [0.4, 0.5) is 0 Å². The molecule has 0 radical (unpaired) electrons. The summed E-state index contributed by atoms with van der Waals surface area (Å²) in [5.74, 6) is 0.814. The zero-order chi connectivity index (χ0) is 12.3. The Hall–Kier alpha value is -0.340. The number of benzene rings is 1. The molecule has 17 heavy (non-hydrogen) atoms. The van der Waals surface area contributed by atoms with Gasteiger partial charge >= 0.3 is 0 Å². The summed E-state index contributed by atoms with van der Waals surface area (Å²) in [7, 11) is 0. The Morgan fingerprint density at radius 1 is 1.24 bits per heavy atom. The largest absolute Gasteiger partial charge is 0.298 e. The Labute approximate surface area is 113 Å². The zero-order valence-electron chi connectivity index (χ0n) is 10.8. The van der Waals surface area contributed by atoms with Gasteiger partial charge in [0.25, 0.3) is 0 Å². The molecule has 1 saturated heterocycles. The van der Waals surface area contributed by atoms with Crippen molar-refractivity contribution in [3.63, 3.8) is 0 Å². The molecule has 1 aliphatic rings. The van der Waals surface area contributed by atoms with Crippen LogP contribution in [-0.2, 0) is 13.0 Å². The van der Waals surface area contributed by atoms with Crippen molar-refractivity contribution >= 4 is 15.9 Å². The molecule has 0 bridgehead atoms. The molecular formula is C15H22BrN. The molecule has 1 aliphatic heterocycles. The Kier molecular flexibility index (Phi) is 4.63. The number of alkyl halides is 1. The summed E-state index contributed by atoms with van der Waals surface area (Å²) in [4.78, 5) is 3.21. The lowest BCUT2D eigenvalue weighted by Gasteiger charge is -2.34. The van der Waals surface area contributed by atoms with Crippen LogP contribution < -0.4 is 0 Å². The van der Waals surface area contributed by atoms with E-state index < -0.39 is 0 Å². The first-order valence-corrected chi connectivity index (χ1v) is 7.55. The number of likely N-dealkylation sites (tertiary alicyclic amines) is 1. The summed E-state index contributed by atoms with van der Waals surface area (Å²) in [6.07, 6.45) is 2.44. The summed E-state index contributed by atoms with van der Waals surface area (Å²) >= 11 is 3.79. The van der Waals surface area contributed by atoms with Crippen LogP contribution in [0.3, 0.4) is 0 Å². The molecule has 0 aliphatic carbocycles. The highest BCUT2D eigenvalue weighted by atomic mass is 79.9. The maximum absolute atomic E-state index is 3.79. The van der Waals surface area contributed by atoms with E-state index in [1.165, 1.54) is 30.6 Å². The van der Waals surface area contributed by atoms with Crippen LogP contribution in [0.2, 0.25) is 0 Å². The zero-order valence-corrected chi connectivity index (χ0v) is 12.4. The summed E-state index contributed by atoms with van der Waals surface area (Å²) in [5.41, 5.74) is 2.87. The summed E-state index contributed by atoms with van der Waals surface area (Å²) in [6.45, 7) is 8.05. The Morgan fingerprint density at radius 2 is 1.88 bits per heavy atom. The van der Waals surface area contributed by atoms with Crippen molar-refractivity contribution in [3.8, 4) is 0 Å². The van der Waals surface area contributed by atoms with Gasteiger partial charge in [0, 0.05) is 17.9 Å². The van der Waals surface area contributed by atoms with E-state index in [0.29, 0.717) is 4.83 Å². The van der Waals surface area contributed by atoms with Crippen molar-refractivity contribution in [1.29, 1.82) is 0 Å². The number of piperidine rings is 1. The van der Waals surface area contributed by atoms with Gasteiger partial charge in [0.05, 0.1) is 0 Å². The average Bonchev–Trinajstić information content (AvgIpc) is 2.35. The molecule has 0 saturated carbocycles. The molecule has 0 N–H and O–H groups in total. The van der Waals surface area contributed by atoms with Gasteiger partial charge in [-0.3, -0.25) is 4.90 Å². The monoisotopic (exact) mass is 295 g/mol. The van der Waals surface area contributed by atoms with Crippen LogP contribution in [0.5, 0.6) is 0 Å². The van der Waals surface area contributed by atoms with Gasteiger partial charge in [0.1, 0.15) is 0 Å². The van der Waals surface area contributed by atoms with Crippen LogP contribution in [0.1, 0.15) is 31.4 Å². The molecule has 0 amide bonds. The second-order valence-corrected chi connectivity index (χ2v) is 6.36. The molecule has 0 aromatic heterocycles. The minimum absolute atomic E-state index is 0.658. The van der Waals surface area contributed by atoms with Gasteiger partial charge in [-0.25, -0.2) is 0 Å². The second kappa shape index (κ2) is 6.01. The molecule has 1 aromatic carbocycles. The molecule has 1 aromatic rings. The minimum Gasteiger partial charge on any atom is -0.298 e. The van der Waals surface area contributed by atoms with E-state index in [-0.39, 0.29) is 0 Å². The molecule has 2 atom stereocenters. The number of aryl methyl sites for hydroxylation is 1. The number of hydrogen-bond donors (Lipinski definition) is 0. The number of nitrogens with zero attached hydrogens (tertiary/aromatic N) is 1. The third-order valence-corrected chi connectivity index (χ3v) is 4.98. The smallest absolute Gasteiger partial charge is 0.0299 e. The van der Waals surface area contributed by atoms with E-state index in [1.54, 1.807) is 0 Å². The lowest BCUT2D eigenvalue weighted by atomic mass is 9.98. The Balaban J connectivity index is 1.92. The highest BCUT2D eigenvalue weighted by molar-refractivity contribution is 9.09. The van der Waals surface area contributed by atoms with Gasteiger partial charge in [0.2, 0.25) is 0 Å². The fourth-order valence-electron chi connectivity index (χ4n) is 2.37. The molecule has 1 heterocycles. The molecule has 0 spiro atoms. The lowest BCUT2D eigenvalue weighted by Crippen LogP contribution is -2.39. The van der Waals surface area contributed by atoms with Crippen LogP contribution >= 0.6 is 15.9 Å². The molecule has 2 heteroatoms. The standard InChI is InChI=1S/C15H22BrN/c1-3-13-4-6-14(7-5-13)10-17-9-8-12(2)15(16)11-17/h4-7,12,15H,3,8-11H2,1-2H3. The first-order chi connectivity index (χ1) is 8.19. The fourth-order valence-corrected chi connectivity index (χ4v) is 3.04. The normalized spacial score (nSPS) is 26.1. The van der Waals surface area contributed by atoms with Gasteiger partial charge in [-0.05, 0) is 36.4 Å². The Morgan fingerprint density at radius 3 is 2.47 bits per heavy atom. The van der Waals surface area contributed by atoms with E-state index in [9.17, 15) is 0 Å². The van der Waals surface area contributed by atoms with Crippen molar-refractivity contribution in [2.75, 3.05) is 13.1 Å². The van der Waals surface area contributed by atoms with Gasteiger partial charge in [-0.15, -0.1) is 0 Å². The first kappa shape index (κ1) is 13.1. The average molecular weight is 296 g/mol. The number of rotatable bonds is 3. The number of hydrogen-bond acceptors (Lipinski definition) is 1. The molecular weight excluding hydrogens is 274 g/mol. The summed E-state index contributed by atoms with van der Waals surface area (Å²) in [5, 5.41) is 0. The summed E-state index contributed by atoms with van der Waals surface area (Å²) in [6, 6.07) is 9.07. The van der Waals surface area contributed by atoms with E-state index in [4.69, 9.17) is 0 Å². The Bertz CT molecular complexity index is 346. The number of halogens is 1. The van der Waals surface area contributed by atoms with Crippen molar-refractivity contribution in [1.82, 2.24) is 4.90 Å². The van der Waals surface area contributed by atoms with Gasteiger partial charge in [-0.1, -0.05) is 54.0 Å². The quantitative estimate of drug-likeness (QED) is 0.766. The van der Waals surface area contributed by atoms with Gasteiger partial charge in [-0.2, -0.15) is 0 Å². The van der Waals surface area contributed by atoms with E-state index in [0.717, 1.165) is 18.9 Å². The second-order valence-electron chi connectivity index (χ2n) is 5.19. The predicted molar refractivity (Wildman–Crippen MR) is 77.6 cm³/mol. The topological polar surface area (TPSA) is 3.24 Å². The predicted octanol–water partition coefficient (Wildman–Crippen LogP) is 3.85. The van der Waals surface area contributed by atoms with E-state index >= 15 is 0 Å². The van der Waals surface area contributed by atoms with Gasteiger partial charge < -0.3 is 0 Å². The third-order valence-electron chi connectivity index (χ3n) is 3.79. The highest BCUT2D eigenvalue weighted by Crippen LogP contribution is 2.24. The molecule has 2 unspecified atom stereocenters. The van der Waals surface area contributed by atoms with E-state index in [1.807, 2.05) is 0 Å². The molecule has 1 fully saturated rings. The lowest BCUT2D eigenvalue weighted by molar-refractivity contribution is 0.194. The van der Waals surface area contributed by atoms with Crippen LogP contribution in [0.15, 0.2) is 24.3 Å². The van der Waals surface area contributed by atoms with E-state index in [2.05, 4.69) is 58.9 Å². The summed E-state index contributed by atoms with van der Waals surface area (Å²) < 4.78 is 0. The van der Waals surface area contributed by atoms with Gasteiger partial charge in [0.15, 0.2) is 0 Å². The fraction of sp³-hybridized carbons (Fsp3) is 0.600. The van der Waals surface area contributed by atoms with Crippen molar-refractivity contribution < 1.29 is 0 Å².